The smallest absolute Gasteiger partial charge is 0.280 e. The summed E-state index contributed by atoms with van der Waals surface area (Å²) >= 11 is 0. The summed E-state index contributed by atoms with van der Waals surface area (Å²) in [4.78, 5) is 20.8. The van der Waals surface area contributed by atoms with Crippen molar-refractivity contribution in [3.63, 3.8) is 0 Å². The number of carbonyl (C=O) groups is 1. The number of ether oxygens (including phenoxy) is 1. The van der Waals surface area contributed by atoms with E-state index in [0.717, 1.165) is 0 Å². The van der Waals surface area contributed by atoms with Crippen molar-refractivity contribution < 1.29 is 18.9 Å². The Balaban J connectivity index is 2.14. The first-order valence-electron chi connectivity index (χ1n) is 5.09. The summed E-state index contributed by atoms with van der Waals surface area (Å²) in [5.41, 5.74) is -0.257. The lowest BCUT2D eigenvalue weighted by Gasteiger charge is -2.04. The summed E-state index contributed by atoms with van der Waals surface area (Å²) in [6.07, 6.45) is 1.95. The van der Waals surface area contributed by atoms with Gasteiger partial charge in [0.15, 0.2) is 6.29 Å². The second-order valence-electron chi connectivity index (χ2n) is 3.46. The lowest BCUT2D eigenvalue weighted by Crippen LogP contribution is -1.97. The van der Waals surface area contributed by atoms with Gasteiger partial charge in [-0.3, -0.25) is 14.9 Å². The van der Waals surface area contributed by atoms with Crippen molar-refractivity contribution >= 4 is 12.0 Å². The van der Waals surface area contributed by atoms with Crippen LogP contribution in [0.15, 0.2) is 41.0 Å². The zero-order valence-corrected chi connectivity index (χ0v) is 9.24. The van der Waals surface area contributed by atoms with Gasteiger partial charge in [0.25, 0.3) is 5.69 Å². The topological polar surface area (TPSA) is 82.6 Å². The maximum Gasteiger partial charge on any atom is 0.280 e. The molecule has 0 bridgehead atoms. The zero-order valence-electron chi connectivity index (χ0n) is 9.24. The standard InChI is InChI=1S/C12H9NO5/c14-7-9-6-10(3-4-12(9)13(15)16)18-8-11-2-1-5-17-11/h1-7H,8H2. The minimum absolute atomic E-state index is 0.0167. The van der Waals surface area contributed by atoms with Crippen LogP contribution in [0, 0.1) is 10.1 Å². The Hall–Kier alpha value is -2.63. The van der Waals surface area contributed by atoms with Gasteiger partial charge in [-0.25, -0.2) is 0 Å². The van der Waals surface area contributed by atoms with E-state index in [9.17, 15) is 14.9 Å². The second-order valence-corrected chi connectivity index (χ2v) is 3.46. The molecule has 0 amide bonds. The van der Waals surface area contributed by atoms with Gasteiger partial charge < -0.3 is 9.15 Å². The number of nitrogens with zero attached hydrogens (tertiary/aromatic N) is 1. The molecule has 1 aromatic carbocycles. The average molecular weight is 247 g/mol. The van der Waals surface area contributed by atoms with E-state index in [-0.39, 0.29) is 17.9 Å². The number of nitro benzene ring substituents is 1. The maximum atomic E-state index is 10.7. The molecule has 2 aromatic rings. The molecule has 0 unspecified atom stereocenters. The molecule has 2 rings (SSSR count). The van der Waals surface area contributed by atoms with Crippen LogP contribution >= 0.6 is 0 Å². The molecule has 92 valence electrons. The van der Waals surface area contributed by atoms with Gasteiger partial charge in [0.05, 0.1) is 16.7 Å². The average Bonchev–Trinajstić information content (AvgIpc) is 2.88. The maximum absolute atomic E-state index is 10.7. The van der Waals surface area contributed by atoms with Crippen LogP contribution in [0.25, 0.3) is 0 Å². The third-order valence-corrected chi connectivity index (χ3v) is 2.28. The summed E-state index contributed by atoms with van der Waals surface area (Å²) in [6.45, 7) is 0.198. The van der Waals surface area contributed by atoms with Crippen molar-refractivity contribution in [2.75, 3.05) is 0 Å². The fourth-order valence-corrected chi connectivity index (χ4v) is 1.43. The van der Waals surface area contributed by atoms with Gasteiger partial charge in [0.2, 0.25) is 0 Å². The monoisotopic (exact) mass is 247 g/mol. The fourth-order valence-electron chi connectivity index (χ4n) is 1.43. The predicted molar refractivity (Wildman–Crippen MR) is 61.5 cm³/mol. The van der Waals surface area contributed by atoms with Gasteiger partial charge in [0, 0.05) is 6.07 Å². The summed E-state index contributed by atoms with van der Waals surface area (Å²) in [7, 11) is 0. The molecule has 0 aliphatic heterocycles. The van der Waals surface area contributed by atoms with Gasteiger partial charge in [-0.05, 0) is 24.3 Å². The minimum Gasteiger partial charge on any atom is -0.486 e. The minimum atomic E-state index is -0.611. The summed E-state index contributed by atoms with van der Waals surface area (Å²) in [5, 5.41) is 10.6. The van der Waals surface area contributed by atoms with E-state index >= 15 is 0 Å². The van der Waals surface area contributed by atoms with Crippen molar-refractivity contribution in [2.24, 2.45) is 0 Å². The molecule has 0 radical (unpaired) electrons. The van der Waals surface area contributed by atoms with Crippen molar-refractivity contribution in [1.82, 2.24) is 0 Å². The molecule has 0 aliphatic rings. The Morgan fingerprint density at radius 2 is 2.22 bits per heavy atom. The van der Waals surface area contributed by atoms with Crippen molar-refractivity contribution in [2.45, 2.75) is 6.61 Å². The van der Waals surface area contributed by atoms with Crippen molar-refractivity contribution in [3.05, 3.63) is 58.0 Å². The number of hydrogen-bond donors (Lipinski definition) is 0. The van der Waals surface area contributed by atoms with Crippen LogP contribution < -0.4 is 4.74 Å². The summed E-state index contributed by atoms with van der Waals surface area (Å²) in [6, 6.07) is 7.47. The fraction of sp³-hybridized carbons (Fsp3) is 0.0833. The van der Waals surface area contributed by atoms with Gasteiger partial charge >= 0.3 is 0 Å². The molecule has 0 saturated heterocycles. The van der Waals surface area contributed by atoms with E-state index in [0.29, 0.717) is 17.8 Å². The second kappa shape index (κ2) is 5.13. The first-order valence-corrected chi connectivity index (χ1v) is 5.09. The van der Waals surface area contributed by atoms with Crippen molar-refractivity contribution in [1.29, 1.82) is 0 Å². The zero-order chi connectivity index (χ0) is 13.0. The Labute approximate surface area is 102 Å². The Kier molecular flexibility index (Phi) is 3.38. The summed E-state index contributed by atoms with van der Waals surface area (Å²) < 4.78 is 10.4. The number of aldehydes is 1. The molecule has 0 atom stereocenters. The number of nitro groups is 1. The van der Waals surface area contributed by atoms with Crippen LogP contribution in [0.4, 0.5) is 5.69 Å². The highest BCUT2D eigenvalue weighted by Gasteiger charge is 2.13. The molecule has 6 heteroatoms. The first kappa shape index (κ1) is 11.8. The Morgan fingerprint density at radius 1 is 1.39 bits per heavy atom. The highest BCUT2D eigenvalue weighted by Crippen LogP contribution is 2.23. The van der Waals surface area contributed by atoms with Crippen LogP contribution in [0.1, 0.15) is 16.1 Å². The predicted octanol–water partition coefficient (Wildman–Crippen LogP) is 2.58. The van der Waals surface area contributed by atoms with Crippen LogP contribution in [0.3, 0.4) is 0 Å². The van der Waals surface area contributed by atoms with Crippen LogP contribution in [0.2, 0.25) is 0 Å². The van der Waals surface area contributed by atoms with E-state index in [4.69, 9.17) is 9.15 Å². The van der Waals surface area contributed by atoms with Crippen LogP contribution in [0.5, 0.6) is 5.75 Å². The SMILES string of the molecule is O=Cc1cc(OCc2ccco2)ccc1[N+](=O)[O-]. The molecular weight excluding hydrogens is 238 g/mol. The van der Waals surface area contributed by atoms with Gasteiger partial charge in [-0.2, -0.15) is 0 Å². The molecule has 18 heavy (non-hydrogen) atoms. The van der Waals surface area contributed by atoms with Gasteiger partial charge in [-0.15, -0.1) is 0 Å². The van der Waals surface area contributed by atoms with E-state index in [1.165, 1.54) is 24.5 Å². The van der Waals surface area contributed by atoms with Crippen molar-refractivity contribution in [3.8, 4) is 5.75 Å². The van der Waals surface area contributed by atoms with E-state index in [1.54, 1.807) is 12.1 Å². The molecule has 6 nitrogen and oxygen atoms in total. The number of benzene rings is 1. The first-order chi connectivity index (χ1) is 8.70. The number of rotatable bonds is 5. The number of hydrogen-bond acceptors (Lipinski definition) is 5. The molecule has 0 saturated carbocycles. The third-order valence-electron chi connectivity index (χ3n) is 2.28. The molecular formula is C12H9NO5. The van der Waals surface area contributed by atoms with Crippen LogP contribution in [-0.2, 0) is 6.61 Å². The van der Waals surface area contributed by atoms with Gasteiger partial charge in [-0.1, -0.05) is 0 Å². The normalized spacial score (nSPS) is 10.0. The lowest BCUT2D eigenvalue weighted by atomic mass is 10.2. The number of furan rings is 1. The highest BCUT2D eigenvalue weighted by atomic mass is 16.6. The van der Waals surface area contributed by atoms with E-state index in [1.807, 2.05) is 0 Å². The van der Waals surface area contributed by atoms with Gasteiger partial charge in [0.1, 0.15) is 18.1 Å². The molecule has 0 aliphatic carbocycles. The molecule has 0 spiro atoms. The molecule has 0 N–H and O–H groups in total. The third kappa shape index (κ3) is 2.54. The molecule has 0 fully saturated rings. The highest BCUT2D eigenvalue weighted by molar-refractivity contribution is 5.82. The Bertz CT molecular complexity index is 562. The van der Waals surface area contributed by atoms with E-state index < -0.39 is 4.92 Å². The number of carbonyl (C=O) groups excluding carboxylic acids is 1. The Morgan fingerprint density at radius 3 is 2.83 bits per heavy atom. The quantitative estimate of drug-likeness (QED) is 0.460. The van der Waals surface area contributed by atoms with Crippen LogP contribution in [-0.4, -0.2) is 11.2 Å². The summed E-state index contributed by atoms with van der Waals surface area (Å²) in [5.74, 6) is 1.00. The molecule has 1 heterocycles. The lowest BCUT2D eigenvalue weighted by molar-refractivity contribution is -0.385. The van der Waals surface area contributed by atoms with E-state index in [2.05, 4.69) is 0 Å². The largest absolute Gasteiger partial charge is 0.486 e. The molecule has 1 aromatic heterocycles.